The van der Waals surface area contributed by atoms with E-state index in [1.54, 1.807) is 0 Å². The summed E-state index contributed by atoms with van der Waals surface area (Å²) in [5.74, 6) is 1.98. The lowest BCUT2D eigenvalue weighted by Crippen LogP contribution is -2.00. The first-order valence-corrected chi connectivity index (χ1v) is 8.24. The Bertz CT molecular complexity index is 139. The standard InChI is InChI=1S/C17H36/c1-5-8-14-17(12-6-2)15-11-9-10-13-16(4)7-3/h16-17H,5-15H2,1-4H3. The molecule has 0 spiro atoms. The van der Waals surface area contributed by atoms with Crippen molar-refractivity contribution in [2.75, 3.05) is 0 Å². The van der Waals surface area contributed by atoms with Gasteiger partial charge in [0.25, 0.3) is 0 Å². The molecule has 0 heteroatoms. The van der Waals surface area contributed by atoms with Gasteiger partial charge in [-0.1, -0.05) is 98.3 Å². The average Bonchev–Trinajstić information content (AvgIpc) is 2.34. The average molecular weight is 240 g/mol. The normalized spacial score (nSPS) is 14.8. The van der Waals surface area contributed by atoms with E-state index in [1.165, 1.54) is 70.6 Å². The molecule has 0 rings (SSSR count). The molecule has 0 nitrogen and oxygen atoms in total. The highest BCUT2D eigenvalue weighted by Gasteiger charge is 2.07. The SMILES string of the molecule is CCCCC(CCC)CCCCCC(C)CC. The lowest BCUT2D eigenvalue weighted by Gasteiger charge is -2.15. The molecule has 2 atom stereocenters. The van der Waals surface area contributed by atoms with Crippen molar-refractivity contribution < 1.29 is 0 Å². The van der Waals surface area contributed by atoms with Crippen molar-refractivity contribution in [3.63, 3.8) is 0 Å². The maximum atomic E-state index is 2.39. The van der Waals surface area contributed by atoms with Crippen LogP contribution in [0.4, 0.5) is 0 Å². The first-order valence-electron chi connectivity index (χ1n) is 8.24. The van der Waals surface area contributed by atoms with Gasteiger partial charge in [-0.05, 0) is 11.8 Å². The smallest absolute Gasteiger partial charge is 0.0414 e. The van der Waals surface area contributed by atoms with E-state index in [0.29, 0.717) is 0 Å². The lowest BCUT2D eigenvalue weighted by atomic mass is 9.91. The zero-order chi connectivity index (χ0) is 12.9. The van der Waals surface area contributed by atoms with Crippen LogP contribution in [0.1, 0.15) is 98.3 Å². The third-order valence-corrected chi connectivity index (χ3v) is 4.17. The number of hydrogen-bond donors (Lipinski definition) is 0. The number of rotatable bonds is 12. The summed E-state index contributed by atoms with van der Waals surface area (Å²) in [7, 11) is 0. The molecule has 0 saturated heterocycles. The van der Waals surface area contributed by atoms with E-state index < -0.39 is 0 Å². The molecule has 0 amide bonds. The summed E-state index contributed by atoms with van der Waals surface area (Å²) in [4.78, 5) is 0. The van der Waals surface area contributed by atoms with Crippen LogP contribution < -0.4 is 0 Å². The molecule has 0 heterocycles. The molecule has 0 aliphatic rings. The summed E-state index contributed by atoms with van der Waals surface area (Å²) in [6.07, 6.45) is 15.8. The minimum absolute atomic E-state index is 0.946. The van der Waals surface area contributed by atoms with Crippen LogP contribution in [-0.2, 0) is 0 Å². The zero-order valence-corrected chi connectivity index (χ0v) is 12.9. The lowest BCUT2D eigenvalue weighted by molar-refractivity contribution is 0.378. The van der Waals surface area contributed by atoms with Gasteiger partial charge in [0.15, 0.2) is 0 Å². The summed E-state index contributed by atoms with van der Waals surface area (Å²) >= 11 is 0. The van der Waals surface area contributed by atoms with Gasteiger partial charge in [0, 0.05) is 0 Å². The van der Waals surface area contributed by atoms with E-state index >= 15 is 0 Å². The van der Waals surface area contributed by atoms with Crippen LogP contribution in [0.2, 0.25) is 0 Å². The molecule has 0 aromatic rings. The maximum absolute atomic E-state index is 2.39. The maximum Gasteiger partial charge on any atom is -0.0414 e. The van der Waals surface area contributed by atoms with Crippen LogP contribution in [-0.4, -0.2) is 0 Å². The molecule has 0 fully saturated rings. The second-order valence-corrected chi connectivity index (χ2v) is 5.95. The fourth-order valence-corrected chi connectivity index (χ4v) is 2.64. The van der Waals surface area contributed by atoms with Crippen LogP contribution in [0, 0.1) is 11.8 Å². The van der Waals surface area contributed by atoms with Gasteiger partial charge in [-0.3, -0.25) is 0 Å². The summed E-state index contributed by atoms with van der Waals surface area (Å²) in [5, 5.41) is 0. The highest BCUT2D eigenvalue weighted by atomic mass is 14.1. The second-order valence-electron chi connectivity index (χ2n) is 5.95. The van der Waals surface area contributed by atoms with E-state index in [-0.39, 0.29) is 0 Å². The van der Waals surface area contributed by atoms with Gasteiger partial charge in [-0.2, -0.15) is 0 Å². The van der Waals surface area contributed by atoms with Gasteiger partial charge in [0.2, 0.25) is 0 Å². The second kappa shape index (κ2) is 12.5. The fraction of sp³-hybridized carbons (Fsp3) is 1.00. The van der Waals surface area contributed by atoms with Crippen molar-refractivity contribution in [3.8, 4) is 0 Å². The van der Waals surface area contributed by atoms with Gasteiger partial charge >= 0.3 is 0 Å². The van der Waals surface area contributed by atoms with Crippen molar-refractivity contribution in [1.82, 2.24) is 0 Å². The molecule has 104 valence electrons. The first kappa shape index (κ1) is 17.0. The number of unbranched alkanes of at least 4 members (excludes halogenated alkanes) is 3. The third-order valence-electron chi connectivity index (χ3n) is 4.17. The Labute approximate surface area is 111 Å². The van der Waals surface area contributed by atoms with Crippen molar-refractivity contribution >= 4 is 0 Å². The Hall–Kier alpha value is 0. The van der Waals surface area contributed by atoms with Gasteiger partial charge in [0.05, 0.1) is 0 Å². The largest absolute Gasteiger partial charge is 0.0654 e. The molecular weight excluding hydrogens is 204 g/mol. The third kappa shape index (κ3) is 10.9. The molecule has 17 heavy (non-hydrogen) atoms. The van der Waals surface area contributed by atoms with Crippen molar-refractivity contribution in [1.29, 1.82) is 0 Å². The van der Waals surface area contributed by atoms with Crippen molar-refractivity contribution in [2.45, 2.75) is 98.3 Å². The summed E-state index contributed by atoms with van der Waals surface area (Å²) in [6.45, 7) is 9.35. The Morgan fingerprint density at radius 2 is 1.29 bits per heavy atom. The van der Waals surface area contributed by atoms with Gasteiger partial charge in [0.1, 0.15) is 0 Å². The Morgan fingerprint density at radius 3 is 1.88 bits per heavy atom. The van der Waals surface area contributed by atoms with Gasteiger partial charge < -0.3 is 0 Å². The van der Waals surface area contributed by atoms with Crippen molar-refractivity contribution in [2.24, 2.45) is 11.8 Å². The van der Waals surface area contributed by atoms with Crippen LogP contribution >= 0.6 is 0 Å². The van der Waals surface area contributed by atoms with E-state index in [0.717, 1.165) is 11.8 Å². The first-order chi connectivity index (χ1) is 8.24. The molecule has 0 bridgehead atoms. The highest BCUT2D eigenvalue weighted by Crippen LogP contribution is 2.22. The predicted molar refractivity (Wildman–Crippen MR) is 80.5 cm³/mol. The molecule has 0 saturated carbocycles. The van der Waals surface area contributed by atoms with Gasteiger partial charge in [-0.25, -0.2) is 0 Å². The molecule has 2 unspecified atom stereocenters. The fourth-order valence-electron chi connectivity index (χ4n) is 2.64. The Balaban J connectivity index is 3.46. The molecule has 0 aromatic carbocycles. The number of hydrogen-bond acceptors (Lipinski definition) is 0. The van der Waals surface area contributed by atoms with Crippen LogP contribution in [0.15, 0.2) is 0 Å². The molecule has 0 aliphatic carbocycles. The summed E-state index contributed by atoms with van der Waals surface area (Å²) < 4.78 is 0. The van der Waals surface area contributed by atoms with E-state index in [2.05, 4.69) is 27.7 Å². The summed E-state index contributed by atoms with van der Waals surface area (Å²) in [6, 6.07) is 0. The molecule has 0 N–H and O–H groups in total. The monoisotopic (exact) mass is 240 g/mol. The zero-order valence-electron chi connectivity index (χ0n) is 12.9. The highest BCUT2D eigenvalue weighted by molar-refractivity contribution is 4.60. The van der Waals surface area contributed by atoms with Gasteiger partial charge in [-0.15, -0.1) is 0 Å². The van der Waals surface area contributed by atoms with Crippen LogP contribution in [0.25, 0.3) is 0 Å². The summed E-state index contributed by atoms with van der Waals surface area (Å²) in [5.41, 5.74) is 0. The Kier molecular flexibility index (Phi) is 12.5. The quantitative estimate of drug-likeness (QED) is 0.338. The van der Waals surface area contributed by atoms with Crippen LogP contribution in [0.3, 0.4) is 0 Å². The minimum Gasteiger partial charge on any atom is -0.0654 e. The van der Waals surface area contributed by atoms with E-state index in [9.17, 15) is 0 Å². The molecule has 0 aromatic heterocycles. The minimum atomic E-state index is 0.946. The topological polar surface area (TPSA) is 0 Å². The van der Waals surface area contributed by atoms with E-state index in [1.807, 2.05) is 0 Å². The van der Waals surface area contributed by atoms with Crippen molar-refractivity contribution in [3.05, 3.63) is 0 Å². The van der Waals surface area contributed by atoms with E-state index in [4.69, 9.17) is 0 Å². The molecule has 0 aliphatic heterocycles. The molecular formula is C17H36. The van der Waals surface area contributed by atoms with Crippen LogP contribution in [0.5, 0.6) is 0 Å². The Morgan fingerprint density at radius 1 is 0.647 bits per heavy atom. The molecule has 0 radical (unpaired) electrons. The predicted octanol–water partition coefficient (Wildman–Crippen LogP) is 6.59.